The molecule has 0 fully saturated rings. The number of benzene rings is 1. The number of halogens is 1. The van der Waals surface area contributed by atoms with Gasteiger partial charge in [-0.1, -0.05) is 15.9 Å². The van der Waals surface area contributed by atoms with Crippen LogP contribution in [0.15, 0.2) is 16.6 Å². The number of ether oxygens (including phenoxy) is 2. The molecule has 0 amide bonds. The molecule has 0 saturated carbocycles. The molecule has 1 unspecified atom stereocenters. The highest BCUT2D eigenvalue weighted by Gasteiger charge is 2.22. The van der Waals surface area contributed by atoms with E-state index in [0.717, 1.165) is 5.56 Å². The summed E-state index contributed by atoms with van der Waals surface area (Å²) in [6.07, 6.45) is -1.31. The fourth-order valence-electron chi connectivity index (χ4n) is 1.45. The molecule has 0 aliphatic carbocycles. The van der Waals surface area contributed by atoms with Crippen molar-refractivity contribution in [2.24, 2.45) is 0 Å². The normalized spacial score (nSPS) is 12.1. The minimum atomic E-state index is -1.31. The molecule has 4 nitrogen and oxygen atoms in total. The average Bonchev–Trinajstić information content (AvgIpc) is 2.29. The largest absolute Gasteiger partial charge is 0.496 e. The highest BCUT2D eigenvalue weighted by atomic mass is 79.9. The van der Waals surface area contributed by atoms with E-state index in [-0.39, 0.29) is 6.61 Å². The fourth-order valence-corrected chi connectivity index (χ4v) is 2.12. The topological polar surface area (TPSA) is 55.8 Å². The van der Waals surface area contributed by atoms with E-state index < -0.39 is 12.1 Å². The quantitative estimate of drug-likeness (QED) is 0.868. The minimum absolute atomic E-state index is 0.233. The molecule has 17 heavy (non-hydrogen) atoms. The Balaban J connectivity index is 3.08. The number of hydrogen-bond donors (Lipinski definition) is 1. The Morgan fingerprint density at radius 3 is 2.71 bits per heavy atom. The lowest BCUT2D eigenvalue weighted by Crippen LogP contribution is -2.16. The van der Waals surface area contributed by atoms with Gasteiger partial charge in [-0.05, 0) is 31.5 Å². The first kappa shape index (κ1) is 14.0. The highest BCUT2D eigenvalue weighted by molar-refractivity contribution is 9.10. The van der Waals surface area contributed by atoms with E-state index in [1.54, 1.807) is 19.1 Å². The third-order valence-electron chi connectivity index (χ3n) is 2.32. The zero-order valence-corrected chi connectivity index (χ0v) is 11.6. The molecular weight excluding hydrogens is 288 g/mol. The number of aliphatic hydroxyl groups excluding tert-OH is 1. The molecule has 0 radical (unpaired) electrons. The number of rotatable bonds is 4. The van der Waals surface area contributed by atoms with Crippen molar-refractivity contribution in [3.8, 4) is 5.75 Å². The third-order valence-corrected chi connectivity index (χ3v) is 3.01. The van der Waals surface area contributed by atoms with Crippen molar-refractivity contribution in [3.63, 3.8) is 0 Å². The van der Waals surface area contributed by atoms with E-state index >= 15 is 0 Å². The number of aryl methyl sites for hydroxylation is 1. The van der Waals surface area contributed by atoms with Crippen LogP contribution in [0.3, 0.4) is 0 Å². The van der Waals surface area contributed by atoms with Gasteiger partial charge in [0.2, 0.25) is 0 Å². The molecule has 0 saturated heterocycles. The van der Waals surface area contributed by atoms with Crippen LogP contribution in [-0.2, 0) is 9.53 Å². The summed E-state index contributed by atoms with van der Waals surface area (Å²) in [5, 5.41) is 9.85. The van der Waals surface area contributed by atoms with Crippen LogP contribution in [0.2, 0.25) is 0 Å². The van der Waals surface area contributed by atoms with Crippen LogP contribution in [0.5, 0.6) is 5.75 Å². The number of hydrogen-bond acceptors (Lipinski definition) is 4. The number of carbonyl (C=O) groups excluding carboxylic acids is 1. The summed E-state index contributed by atoms with van der Waals surface area (Å²) in [7, 11) is 1.54. The predicted molar refractivity (Wildman–Crippen MR) is 67.0 cm³/mol. The van der Waals surface area contributed by atoms with E-state index in [9.17, 15) is 9.90 Å². The number of methoxy groups -OCH3 is 1. The van der Waals surface area contributed by atoms with Crippen molar-refractivity contribution in [1.82, 2.24) is 0 Å². The van der Waals surface area contributed by atoms with Gasteiger partial charge in [0.1, 0.15) is 5.75 Å². The van der Waals surface area contributed by atoms with Crippen molar-refractivity contribution < 1.29 is 19.4 Å². The Hall–Kier alpha value is -1.07. The summed E-state index contributed by atoms with van der Waals surface area (Å²) in [4.78, 5) is 11.4. The lowest BCUT2D eigenvalue weighted by atomic mass is 10.1. The molecule has 0 spiro atoms. The van der Waals surface area contributed by atoms with E-state index in [2.05, 4.69) is 15.9 Å². The molecule has 1 rings (SSSR count). The number of aliphatic hydroxyl groups is 1. The first-order chi connectivity index (χ1) is 8.01. The van der Waals surface area contributed by atoms with Gasteiger partial charge in [0.05, 0.1) is 13.7 Å². The molecular formula is C12H15BrO4. The van der Waals surface area contributed by atoms with Crippen molar-refractivity contribution in [1.29, 1.82) is 0 Å². The Morgan fingerprint density at radius 1 is 1.53 bits per heavy atom. The summed E-state index contributed by atoms with van der Waals surface area (Å²) in [5.74, 6) is -0.0503. The maximum atomic E-state index is 11.4. The Bertz CT molecular complexity index is 417. The van der Waals surface area contributed by atoms with Crippen LogP contribution < -0.4 is 4.74 Å². The summed E-state index contributed by atoms with van der Waals surface area (Å²) in [6, 6.07) is 3.41. The van der Waals surface area contributed by atoms with Gasteiger partial charge in [-0.2, -0.15) is 0 Å². The molecule has 5 heteroatoms. The second kappa shape index (κ2) is 6.02. The maximum Gasteiger partial charge on any atom is 0.339 e. The molecule has 0 heterocycles. The van der Waals surface area contributed by atoms with Gasteiger partial charge in [-0.25, -0.2) is 4.79 Å². The molecule has 0 aliphatic heterocycles. The maximum absolute atomic E-state index is 11.4. The van der Waals surface area contributed by atoms with E-state index in [0.29, 0.717) is 15.8 Å². The van der Waals surface area contributed by atoms with Gasteiger partial charge in [-0.15, -0.1) is 0 Å². The zero-order valence-electron chi connectivity index (χ0n) is 9.99. The Labute approximate surface area is 109 Å². The molecule has 94 valence electrons. The summed E-state index contributed by atoms with van der Waals surface area (Å²) >= 11 is 3.31. The van der Waals surface area contributed by atoms with Gasteiger partial charge in [0.25, 0.3) is 0 Å². The first-order valence-electron chi connectivity index (χ1n) is 5.20. The van der Waals surface area contributed by atoms with Crippen LogP contribution >= 0.6 is 15.9 Å². The van der Waals surface area contributed by atoms with Crippen LogP contribution in [0.4, 0.5) is 0 Å². The summed E-state index contributed by atoms with van der Waals surface area (Å²) in [5.41, 5.74) is 1.35. The van der Waals surface area contributed by atoms with Crippen molar-refractivity contribution in [2.45, 2.75) is 20.0 Å². The Morgan fingerprint density at radius 2 is 2.18 bits per heavy atom. The Kier molecular flexibility index (Phi) is 4.96. The molecule has 1 aromatic carbocycles. The van der Waals surface area contributed by atoms with Gasteiger partial charge in [-0.3, -0.25) is 0 Å². The average molecular weight is 303 g/mol. The molecule has 1 N–H and O–H groups in total. The number of carbonyl (C=O) groups is 1. The molecule has 0 aliphatic rings. The van der Waals surface area contributed by atoms with Gasteiger partial charge >= 0.3 is 5.97 Å². The van der Waals surface area contributed by atoms with Crippen LogP contribution in [0.1, 0.15) is 24.2 Å². The second-order valence-corrected chi connectivity index (χ2v) is 4.35. The minimum Gasteiger partial charge on any atom is -0.496 e. The highest BCUT2D eigenvalue weighted by Crippen LogP contribution is 2.31. The van der Waals surface area contributed by atoms with Crippen LogP contribution in [-0.4, -0.2) is 24.8 Å². The summed E-state index contributed by atoms with van der Waals surface area (Å²) in [6.45, 7) is 3.80. The van der Waals surface area contributed by atoms with Crippen LogP contribution in [0, 0.1) is 6.92 Å². The van der Waals surface area contributed by atoms with Crippen LogP contribution in [0.25, 0.3) is 0 Å². The first-order valence-corrected chi connectivity index (χ1v) is 5.99. The van der Waals surface area contributed by atoms with Gasteiger partial charge in [0, 0.05) is 10.0 Å². The number of esters is 1. The molecule has 0 aromatic heterocycles. The predicted octanol–water partition coefficient (Wildman–Crippen LogP) is 2.36. The van der Waals surface area contributed by atoms with Crippen molar-refractivity contribution in [3.05, 3.63) is 27.7 Å². The van der Waals surface area contributed by atoms with E-state index in [4.69, 9.17) is 9.47 Å². The zero-order chi connectivity index (χ0) is 13.0. The monoisotopic (exact) mass is 302 g/mol. The molecule has 0 bridgehead atoms. The van der Waals surface area contributed by atoms with Crippen molar-refractivity contribution >= 4 is 21.9 Å². The third kappa shape index (κ3) is 3.20. The lowest BCUT2D eigenvalue weighted by molar-refractivity contribution is -0.153. The fraction of sp³-hybridized carbons (Fsp3) is 0.417. The molecule has 1 aromatic rings. The smallest absolute Gasteiger partial charge is 0.339 e. The van der Waals surface area contributed by atoms with Gasteiger partial charge in [0.15, 0.2) is 6.10 Å². The lowest BCUT2D eigenvalue weighted by Gasteiger charge is -2.14. The SMILES string of the molecule is CCOC(=O)C(O)c1cc(OC)c(C)cc1Br. The van der Waals surface area contributed by atoms with Crippen molar-refractivity contribution in [2.75, 3.05) is 13.7 Å². The molecule has 1 atom stereocenters. The summed E-state index contributed by atoms with van der Waals surface area (Å²) < 4.78 is 10.6. The second-order valence-electron chi connectivity index (χ2n) is 3.50. The van der Waals surface area contributed by atoms with E-state index in [1.807, 2.05) is 6.92 Å². The van der Waals surface area contributed by atoms with Gasteiger partial charge < -0.3 is 14.6 Å². The van der Waals surface area contributed by atoms with E-state index in [1.165, 1.54) is 7.11 Å². The standard InChI is InChI=1S/C12H15BrO4/c1-4-17-12(15)11(14)8-6-10(16-3)7(2)5-9(8)13/h5-6,11,14H,4H2,1-3H3.